The fourth-order valence-electron chi connectivity index (χ4n) is 2.71. The van der Waals surface area contributed by atoms with E-state index in [2.05, 4.69) is 6.92 Å². The molecule has 5 nitrogen and oxygen atoms in total. The molecule has 0 bridgehead atoms. The Labute approximate surface area is 140 Å². The highest BCUT2D eigenvalue weighted by Gasteiger charge is 2.53. The van der Waals surface area contributed by atoms with E-state index in [1.165, 1.54) is 0 Å². The first-order valence-electron chi connectivity index (χ1n) is 8.36. The van der Waals surface area contributed by atoms with Crippen LogP contribution in [0.5, 0.6) is 0 Å². The van der Waals surface area contributed by atoms with E-state index in [0.29, 0.717) is 13.1 Å². The first-order valence-corrected chi connectivity index (χ1v) is 8.36. The second-order valence-electron chi connectivity index (χ2n) is 8.58. The molecule has 1 amide bonds. The summed E-state index contributed by atoms with van der Waals surface area (Å²) in [5.41, 5.74) is -0.0552. The molecule has 2 rings (SSSR count). The quantitative estimate of drug-likeness (QED) is 0.694. The first kappa shape index (κ1) is 18.3. The van der Waals surface area contributed by atoms with Crippen LogP contribution >= 0.6 is 0 Å². The Kier molecular flexibility index (Phi) is 4.64. The largest absolute Gasteiger partial charge is 0.490 e. The molecule has 0 aliphatic carbocycles. The van der Waals surface area contributed by atoms with Crippen LogP contribution in [0.3, 0.4) is 0 Å². The third-order valence-corrected chi connectivity index (χ3v) is 4.79. The van der Waals surface area contributed by atoms with Gasteiger partial charge in [-0.25, -0.2) is 4.79 Å². The zero-order valence-corrected chi connectivity index (χ0v) is 15.7. The minimum absolute atomic E-state index is 0.172. The topological polar surface area (TPSA) is 48.0 Å². The SMILES string of the molecule is C[C@H]1CN(C(=O)OC(C)(C)C)CC=C1B1OC(C)(C)C(C)(C)O1. The minimum Gasteiger partial charge on any atom is -0.444 e. The summed E-state index contributed by atoms with van der Waals surface area (Å²) in [6, 6.07) is 0. The van der Waals surface area contributed by atoms with Crippen molar-refractivity contribution in [2.45, 2.75) is 72.2 Å². The van der Waals surface area contributed by atoms with E-state index in [1.54, 1.807) is 4.90 Å². The second kappa shape index (κ2) is 5.81. The number of hydrogen-bond donors (Lipinski definition) is 0. The molecule has 1 saturated heterocycles. The lowest BCUT2D eigenvalue weighted by Crippen LogP contribution is -2.44. The molecule has 1 fully saturated rings. The Morgan fingerprint density at radius 3 is 2.22 bits per heavy atom. The molecule has 2 heterocycles. The number of hydrogen-bond acceptors (Lipinski definition) is 4. The summed E-state index contributed by atoms with van der Waals surface area (Å²) < 4.78 is 17.7. The molecule has 0 N–H and O–H groups in total. The Bertz CT molecular complexity index is 491. The van der Waals surface area contributed by atoms with Gasteiger partial charge < -0.3 is 18.9 Å². The monoisotopic (exact) mass is 323 g/mol. The van der Waals surface area contributed by atoms with Gasteiger partial charge >= 0.3 is 13.2 Å². The first-order chi connectivity index (χ1) is 10.3. The second-order valence-corrected chi connectivity index (χ2v) is 8.58. The molecule has 2 aliphatic heterocycles. The van der Waals surface area contributed by atoms with Gasteiger partial charge in [-0.2, -0.15) is 0 Å². The predicted molar refractivity (Wildman–Crippen MR) is 91.1 cm³/mol. The summed E-state index contributed by atoms with van der Waals surface area (Å²) >= 11 is 0. The molecule has 2 aliphatic rings. The summed E-state index contributed by atoms with van der Waals surface area (Å²) in [5, 5.41) is 0. The molecule has 0 aromatic heterocycles. The van der Waals surface area contributed by atoms with Crippen LogP contribution in [-0.2, 0) is 14.0 Å². The van der Waals surface area contributed by atoms with Gasteiger partial charge in [-0.05, 0) is 59.9 Å². The van der Waals surface area contributed by atoms with Crippen molar-refractivity contribution in [2.75, 3.05) is 13.1 Å². The van der Waals surface area contributed by atoms with Crippen molar-refractivity contribution in [3.63, 3.8) is 0 Å². The zero-order valence-electron chi connectivity index (χ0n) is 15.7. The van der Waals surface area contributed by atoms with Gasteiger partial charge in [-0.1, -0.05) is 13.0 Å². The molecule has 1 atom stereocenters. The van der Waals surface area contributed by atoms with Crippen molar-refractivity contribution < 1.29 is 18.8 Å². The Balaban J connectivity index is 2.06. The maximum atomic E-state index is 12.2. The summed E-state index contributed by atoms with van der Waals surface area (Å²) in [7, 11) is -0.337. The molecular weight excluding hydrogens is 293 g/mol. The number of carbonyl (C=O) groups excluding carboxylic acids is 1. The van der Waals surface area contributed by atoms with Gasteiger partial charge in [-0.15, -0.1) is 0 Å². The Hall–Kier alpha value is -1.01. The lowest BCUT2D eigenvalue weighted by atomic mass is 9.70. The van der Waals surface area contributed by atoms with E-state index in [9.17, 15) is 4.79 Å². The van der Waals surface area contributed by atoms with Crippen molar-refractivity contribution >= 4 is 13.2 Å². The van der Waals surface area contributed by atoms with Gasteiger partial charge in [0, 0.05) is 13.1 Å². The summed E-state index contributed by atoms with van der Waals surface area (Å²) in [6.07, 6.45) is 1.77. The third kappa shape index (κ3) is 3.91. The normalized spacial score (nSPS) is 27.0. The maximum Gasteiger partial charge on any atom is 0.490 e. The van der Waals surface area contributed by atoms with E-state index < -0.39 is 5.60 Å². The highest BCUT2D eigenvalue weighted by molar-refractivity contribution is 6.54. The van der Waals surface area contributed by atoms with Crippen molar-refractivity contribution in [2.24, 2.45) is 5.92 Å². The summed E-state index contributed by atoms with van der Waals surface area (Å²) in [5.74, 6) is 0.172. The average molecular weight is 323 g/mol. The number of amides is 1. The maximum absolute atomic E-state index is 12.2. The molecule has 0 aromatic carbocycles. The van der Waals surface area contributed by atoms with Gasteiger partial charge in [-0.3, -0.25) is 0 Å². The van der Waals surface area contributed by atoms with E-state index >= 15 is 0 Å². The van der Waals surface area contributed by atoms with Crippen LogP contribution in [0.15, 0.2) is 11.5 Å². The van der Waals surface area contributed by atoms with Crippen LogP contribution in [0, 0.1) is 5.92 Å². The third-order valence-electron chi connectivity index (χ3n) is 4.79. The van der Waals surface area contributed by atoms with Gasteiger partial charge in [0.1, 0.15) is 5.60 Å². The van der Waals surface area contributed by atoms with E-state index in [4.69, 9.17) is 14.0 Å². The molecule has 6 heteroatoms. The van der Waals surface area contributed by atoms with Gasteiger partial charge in [0.25, 0.3) is 0 Å². The van der Waals surface area contributed by atoms with Crippen LogP contribution < -0.4 is 0 Å². The van der Waals surface area contributed by atoms with Crippen molar-refractivity contribution in [1.82, 2.24) is 4.90 Å². The molecule has 130 valence electrons. The van der Waals surface area contributed by atoms with E-state index in [1.807, 2.05) is 54.5 Å². The lowest BCUT2D eigenvalue weighted by Gasteiger charge is -2.33. The smallest absolute Gasteiger partial charge is 0.444 e. The van der Waals surface area contributed by atoms with Crippen molar-refractivity contribution in [3.8, 4) is 0 Å². The molecule has 0 unspecified atom stereocenters. The molecular formula is C17H30BNO4. The predicted octanol–water partition coefficient (Wildman–Crippen LogP) is 3.43. The van der Waals surface area contributed by atoms with E-state index in [-0.39, 0.29) is 30.3 Å². The van der Waals surface area contributed by atoms with E-state index in [0.717, 1.165) is 5.47 Å². The van der Waals surface area contributed by atoms with Gasteiger partial charge in [0.2, 0.25) is 0 Å². The number of carbonyl (C=O) groups is 1. The van der Waals surface area contributed by atoms with Crippen LogP contribution in [-0.4, -0.2) is 48.0 Å². The Morgan fingerprint density at radius 1 is 1.26 bits per heavy atom. The van der Waals surface area contributed by atoms with Crippen molar-refractivity contribution in [1.29, 1.82) is 0 Å². The molecule has 0 radical (unpaired) electrons. The highest BCUT2D eigenvalue weighted by Crippen LogP contribution is 2.40. The van der Waals surface area contributed by atoms with Crippen molar-refractivity contribution in [3.05, 3.63) is 11.5 Å². The van der Waals surface area contributed by atoms with Gasteiger partial charge in [0.15, 0.2) is 0 Å². The fraction of sp³-hybridized carbons (Fsp3) is 0.824. The summed E-state index contributed by atoms with van der Waals surface area (Å²) in [6.45, 7) is 17.1. The molecule has 0 spiro atoms. The minimum atomic E-state index is -0.476. The average Bonchev–Trinajstić information content (AvgIpc) is 2.55. The van der Waals surface area contributed by atoms with Crippen LogP contribution in [0.4, 0.5) is 4.79 Å². The zero-order chi connectivity index (χ0) is 17.6. The van der Waals surface area contributed by atoms with Crippen LogP contribution in [0.1, 0.15) is 55.4 Å². The highest BCUT2D eigenvalue weighted by atomic mass is 16.7. The van der Waals surface area contributed by atoms with Crippen LogP contribution in [0.2, 0.25) is 0 Å². The van der Waals surface area contributed by atoms with Gasteiger partial charge in [0.05, 0.1) is 11.2 Å². The fourth-order valence-corrected chi connectivity index (χ4v) is 2.71. The number of ether oxygens (including phenoxy) is 1. The lowest BCUT2D eigenvalue weighted by molar-refractivity contribution is 0.00578. The molecule has 0 saturated carbocycles. The Morgan fingerprint density at radius 2 is 1.78 bits per heavy atom. The standard InChI is InChI=1S/C17H30BNO4/c1-12-11-19(14(20)21-15(2,3)4)10-9-13(12)18-22-16(5,6)17(7,8)23-18/h9,12H,10-11H2,1-8H3/t12-/m0/s1. The molecule has 0 aromatic rings. The number of nitrogens with zero attached hydrogens (tertiary/aromatic N) is 1. The summed E-state index contributed by atoms with van der Waals surface area (Å²) in [4.78, 5) is 13.9. The number of rotatable bonds is 1. The van der Waals surface area contributed by atoms with Crippen LogP contribution in [0.25, 0.3) is 0 Å². The molecule has 23 heavy (non-hydrogen) atoms.